The van der Waals surface area contributed by atoms with Gasteiger partial charge in [0.15, 0.2) is 6.10 Å². The highest BCUT2D eigenvalue weighted by Gasteiger charge is 2.23. The van der Waals surface area contributed by atoms with Gasteiger partial charge in [-0.05, 0) is 44.5 Å². The van der Waals surface area contributed by atoms with Crippen molar-refractivity contribution in [2.24, 2.45) is 0 Å². The Kier molecular flexibility index (Phi) is 8.40. The summed E-state index contributed by atoms with van der Waals surface area (Å²) >= 11 is 0. The number of nitrogens with one attached hydrogen (secondary N) is 1. The number of nitrogens with zero attached hydrogens (tertiary/aromatic N) is 2. The number of benzene rings is 1. The summed E-state index contributed by atoms with van der Waals surface area (Å²) in [6.07, 6.45) is -0.182. The lowest BCUT2D eigenvalue weighted by molar-refractivity contribution is -0.138. The largest absolute Gasteiger partial charge is 0.449 e. The minimum atomic E-state index is -3.66. The molecule has 0 saturated carbocycles. The molecule has 27 heavy (non-hydrogen) atoms. The van der Waals surface area contributed by atoms with Crippen LogP contribution in [0.5, 0.6) is 0 Å². The van der Waals surface area contributed by atoms with Gasteiger partial charge in [-0.3, -0.25) is 4.79 Å². The Balaban J connectivity index is 2.77. The van der Waals surface area contributed by atoms with Gasteiger partial charge in [0.1, 0.15) is 0 Å². The summed E-state index contributed by atoms with van der Waals surface area (Å²) in [5.74, 6) is -1.15. The first-order chi connectivity index (χ1) is 12.6. The Bertz CT molecular complexity index is 799. The predicted octanol–water partition coefficient (Wildman–Crippen LogP) is 1.68. The van der Waals surface area contributed by atoms with Gasteiger partial charge in [0, 0.05) is 19.6 Å². The zero-order chi connectivity index (χ0) is 20.6. The number of hydrogen-bond acceptors (Lipinski definition) is 6. The number of carbonyl (C=O) groups is 2. The molecule has 0 heterocycles. The van der Waals surface area contributed by atoms with Crippen LogP contribution in [-0.2, 0) is 19.6 Å². The Hall–Kier alpha value is -2.44. The second-order valence-corrected chi connectivity index (χ2v) is 7.88. The van der Waals surface area contributed by atoms with E-state index in [0.29, 0.717) is 6.42 Å². The van der Waals surface area contributed by atoms with Crippen molar-refractivity contribution in [3.63, 3.8) is 0 Å². The van der Waals surface area contributed by atoms with Crippen LogP contribution in [0.3, 0.4) is 0 Å². The van der Waals surface area contributed by atoms with Crippen molar-refractivity contribution in [2.45, 2.75) is 50.7 Å². The molecule has 0 bridgehead atoms. The predicted molar refractivity (Wildman–Crippen MR) is 99.3 cm³/mol. The van der Waals surface area contributed by atoms with E-state index in [9.17, 15) is 18.0 Å². The zero-order valence-electron chi connectivity index (χ0n) is 15.9. The summed E-state index contributed by atoms with van der Waals surface area (Å²) in [5, 5.41) is 8.55. The third-order valence-electron chi connectivity index (χ3n) is 3.94. The Morgan fingerprint density at radius 1 is 1.26 bits per heavy atom. The van der Waals surface area contributed by atoms with Crippen LogP contribution in [-0.4, -0.2) is 50.9 Å². The molecule has 148 valence electrons. The number of nitriles is 1. The van der Waals surface area contributed by atoms with Gasteiger partial charge in [-0.2, -0.15) is 5.26 Å². The first-order valence-corrected chi connectivity index (χ1v) is 10.1. The SMILES string of the molecule is CC[C@@H](C)NS(=O)(=O)c1ccc(C(=O)O[C@@H](C)C(=O)N(C)CCC#N)cc1. The fourth-order valence-corrected chi connectivity index (χ4v) is 3.43. The topological polar surface area (TPSA) is 117 Å². The normalized spacial score (nSPS) is 13.3. The highest BCUT2D eigenvalue weighted by molar-refractivity contribution is 7.89. The molecule has 1 rings (SSSR count). The fraction of sp³-hybridized carbons (Fsp3) is 0.500. The Morgan fingerprint density at radius 2 is 1.85 bits per heavy atom. The van der Waals surface area contributed by atoms with Crippen LogP contribution in [0.1, 0.15) is 44.0 Å². The fourth-order valence-electron chi connectivity index (χ4n) is 2.10. The molecular weight excluding hydrogens is 370 g/mol. The van der Waals surface area contributed by atoms with Crippen LogP contribution in [0.25, 0.3) is 0 Å². The molecule has 0 radical (unpaired) electrons. The number of amides is 1. The molecule has 1 aromatic rings. The molecule has 0 aliphatic rings. The van der Waals surface area contributed by atoms with E-state index in [4.69, 9.17) is 10.00 Å². The molecular formula is C18H25N3O5S. The van der Waals surface area contributed by atoms with Gasteiger partial charge in [-0.15, -0.1) is 0 Å². The number of carbonyl (C=O) groups excluding carboxylic acids is 2. The minimum absolute atomic E-state index is 0.0414. The average molecular weight is 395 g/mol. The van der Waals surface area contributed by atoms with E-state index in [1.165, 1.54) is 43.1 Å². The second-order valence-electron chi connectivity index (χ2n) is 6.17. The molecule has 0 saturated heterocycles. The third kappa shape index (κ3) is 6.66. The standard InChI is InChI=1S/C18H25N3O5S/c1-5-13(2)20-27(24,25)16-9-7-15(8-10-16)18(23)26-14(3)17(22)21(4)12-6-11-19/h7-10,13-14,20H,5-6,12H2,1-4H3/t13-,14+/m1/s1. The molecule has 9 heteroatoms. The molecule has 8 nitrogen and oxygen atoms in total. The molecule has 0 fully saturated rings. The van der Waals surface area contributed by atoms with Crippen LogP contribution in [0.4, 0.5) is 0 Å². The minimum Gasteiger partial charge on any atom is -0.449 e. The van der Waals surface area contributed by atoms with E-state index in [-0.39, 0.29) is 29.5 Å². The molecule has 0 aliphatic heterocycles. The van der Waals surface area contributed by atoms with E-state index in [2.05, 4.69) is 4.72 Å². The van der Waals surface area contributed by atoms with Crippen LogP contribution in [0.2, 0.25) is 0 Å². The maximum atomic E-state index is 12.2. The highest BCUT2D eigenvalue weighted by atomic mass is 32.2. The van der Waals surface area contributed by atoms with Crippen molar-refractivity contribution in [2.75, 3.05) is 13.6 Å². The van der Waals surface area contributed by atoms with Gasteiger partial charge >= 0.3 is 5.97 Å². The van der Waals surface area contributed by atoms with Crippen LogP contribution in [0.15, 0.2) is 29.2 Å². The smallest absolute Gasteiger partial charge is 0.338 e. The molecule has 0 spiro atoms. The van der Waals surface area contributed by atoms with Crippen molar-refractivity contribution in [3.8, 4) is 6.07 Å². The lowest BCUT2D eigenvalue weighted by Gasteiger charge is -2.20. The Labute approximate surface area is 160 Å². The zero-order valence-corrected chi connectivity index (χ0v) is 16.7. The third-order valence-corrected chi connectivity index (χ3v) is 5.54. The van der Waals surface area contributed by atoms with Crippen molar-refractivity contribution in [1.29, 1.82) is 5.26 Å². The van der Waals surface area contributed by atoms with E-state index in [1.54, 1.807) is 6.92 Å². The molecule has 0 aromatic heterocycles. The number of hydrogen-bond donors (Lipinski definition) is 1. The maximum absolute atomic E-state index is 12.2. The van der Waals surface area contributed by atoms with Crippen LogP contribution in [0, 0.1) is 11.3 Å². The van der Waals surface area contributed by atoms with E-state index >= 15 is 0 Å². The summed E-state index contributed by atoms with van der Waals surface area (Å²) in [6.45, 7) is 5.31. The monoisotopic (exact) mass is 395 g/mol. The number of likely N-dealkylation sites (N-methyl/N-ethyl adjacent to an activating group) is 1. The first-order valence-electron chi connectivity index (χ1n) is 8.57. The highest BCUT2D eigenvalue weighted by Crippen LogP contribution is 2.13. The molecule has 1 aromatic carbocycles. The van der Waals surface area contributed by atoms with E-state index < -0.39 is 28.0 Å². The Morgan fingerprint density at radius 3 is 2.37 bits per heavy atom. The number of sulfonamides is 1. The van der Waals surface area contributed by atoms with Gasteiger partial charge < -0.3 is 9.64 Å². The van der Waals surface area contributed by atoms with Gasteiger partial charge in [0.2, 0.25) is 10.0 Å². The quantitative estimate of drug-likeness (QED) is 0.636. The molecule has 1 amide bonds. The van der Waals surface area contributed by atoms with Gasteiger partial charge in [0.25, 0.3) is 5.91 Å². The van der Waals surface area contributed by atoms with Gasteiger partial charge in [-0.1, -0.05) is 6.92 Å². The number of ether oxygens (including phenoxy) is 1. The van der Waals surface area contributed by atoms with Crippen LogP contribution >= 0.6 is 0 Å². The number of rotatable bonds is 9. The molecule has 2 atom stereocenters. The van der Waals surface area contributed by atoms with Gasteiger partial charge in [0.05, 0.1) is 22.9 Å². The molecule has 0 aliphatic carbocycles. The van der Waals surface area contributed by atoms with Crippen LogP contribution < -0.4 is 4.72 Å². The van der Waals surface area contributed by atoms with Crippen molar-refractivity contribution >= 4 is 21.9 Å². The lowest BCUT2D eigenvalue weighted by Crippen LogP contribution is -2.37. The van der Waals surface area contributed by atoms with Gasteiger partial charge in [-0.25, -0.2) is 17.9 Å². The van der Waals surface area contributed by atoms with Crippen molar-refractivity contribution < 1.29 is 22.7 Å². The summed E-state index contributed by atoms with van der Waals surface area (Å²) in [4.78, 5) is 25.6. The summed E-state index contributed by atoms with van der Waals surface area (Å²) in [5.41, 5.74) is 0.136. The lowest BCUT2D eigenvalue weighted by atomic mass is 10.2. The molecule has 0 unspecified atom stereocenters. The summed E-state index contributed by atoms with van der Waals surface area (Å²) in [7, 11) is -2.14. The first kappa shape index (κ1) is 22.6. The summed E-state index contributed by atoms with van der Waals surface area (Å²) in [6, 6.07) is 7.03. The van der Waals surface area contributed by atoms with Crippen molar-refractivity contribution in [1.82, 2.24) is 9.62 Å². The summed E-state index contributed by atoms with van der Waals surface area (Å²) < 4.78 is 32.1. The van der Waals surface area contributed by atoms with E-state index in [1.807, 2.05) is 13.0 Å². The number of esters is 1. The van der Waals surface area contributed by atoms with Crippen molar-refractivity contribution in [3.05, 3.63) is 29.8 Å². The maximum Gasteiger partial charge on any atom is 0.338 e. The molecule has 1 N–H and O–H groups in total. The average Bonchev–Trinajstić information content (AvgIpc) is 2.64. The second kappa shape index (κ2) is 10.0. The van der Waals surface area contributed by atoms with E-state index in [0.717, 1.165) is 0 Å².